The Morgan fingerprint density at radius 3 is 2.46 bits per heavy atom. The van der Waals surface area contributed by atoms with Crippen molar-refractivity contribution in [2.75, 3.05) is 26.7 Å². The van der Waals surface area contributed by atoms with Gasteiger partial charge in [-0.15, -0.1) is 0 Å². The molecule has 1 saturated heterocycles. The maximum atomic E-state index is 12.9. The third kappa shape index (κ3) is 3.83. The summed E-state index contributed by atoms with van der Waals surface area (Å²) in [5.74, 6) is 0. The molecule has 0 spiro atoms. The van der Waals surface area contributed by atoms with E-state index in [1.54, 1.807) is 6.92 Å². The summed E-state index contributed by atoms with van der Waals surface area (Å²) in [6, 6.07) is 0.575. The van der Waals surface area contributed by atoms with Crippen LogP contribution in [-0.2, 0) is 16.6 Å². The van der Waals surface area contributed by atoms with E-state index in [2.05, 4.69) is 17.0 Å². The minimum absolute atomic E-state index is 0.392. The lowest BCUT2D eigenvalue weighted by Crippen LogP contribution is -2.37. The van der Waals surface area contributed by atoms with Crippen molar-refractivity contribution in [3.63, 3.8) is 0 Å². The second-order valence-corrected chi connectivity index (χ2v) is 8.61. The first-order valence-electron chi connectivity index (χ1n) is 9.07. The van der Waals surface area contributed by atoms with Crippen molar-refractivity contribution in [1.29, 1.82) is 0 Å². The van der Waals surface area contributed by atoms with Gasteiger partial charge in [0.1, 0.15) is 4.90 Å². The van der Waals surface area contributed by atoms with E-state index in [9.17, 15) is 8.42 Å². The lowest BCUT2D eigenvalue weighted by atomic mass is 10.0. The van der Waals surface area contributed by atoms with Gasteiger partial charge < -0.3 is 4.90 Å². The highest BCUT2D eigenvalue weighted by molar-refractivity contribution is 7.89. The predicted octanol–water partition coefficient (Wildman–Crippen LogP) is 2.40. The molecule has 1 unspecified atom stereocenters. The van der Waals surface area contributed by atoms with Crippen LogP contribution in [0.3, 0.4) is 0 Å². The number of hydrogen-bond acceptors (Lipinski definition) is 4. The van der Waals surface area contributed by atoms with Crippen LogP contribution >= 0.6 is 0 Å². The van der Waals surface area contributed by atoms with Crippen LogP contribution in [0.2, 0.25) is 0 Å². The molecule has 1 aliphatic heterocycles. The SMILES string of the molecule is CCN(CC)S(=O)(=O)c1c(C)nn(CCC2CCCCN2C)c1C. The highest BCUT2D eigenvalue weighted by Gasteiger charge is 2.29. The molecule has 0 saturated carbocycles. The van der Waals surface area contributed by atoms with Crippen LogP contribution in [0.25, 0.3) is 0 Å². The van der Waals surface area contributed by atoms with Gasteiger partial charge in [0.25, 0.3) is 0 Å². The Morgan fingerprint density at radius 2 is 1.88 bits per heavy atom. The fourth-order valence-corrected chi connectivity index (χ4v) is 5.58. The number of nitrogens with zero attached hydrogens (tertiary/aromatic N) is 4. The smallest absolute Gasteiger partial charge is 0.246 e. The zero-order valence-corrected chi connectivity index (χ0v) is 16.6. The summed E-state index contributed by atoms with van der Waals surface area (Å²) in [6.45, 7) is 10.3. The Hall–Kier alpha value is -0.920. The molecular formula is C17H32N4O2S. The van der Waals surface area contributed by atoms with Crippen LogP contribution in [0.15, 0.2) is 4.90 Å². The van der Waals surface area contributed by atoms with E-state index >= 15 is 0 Å². The second kappa shape index (κ2) is 7.97. The topological polar surface area (TPSA) is 58.4 Å². The first-order valence-corrected chi connectivity index (χ1v) is 10.5. The standard InChI is InChI=1S/C17H32N4O2S/c1-6-20(7-2)24(22,23)17-14(3)18-21(15(17)4)13-11-16-10-8-9-12-19(16)5/h16H,6-13H2,1-5H3. The maximum absolute atomic E-state index is 12.9. The molecule has 24 heavy (non-hydrogen) atoms. The quantitative estimate of drug-likeness (QED) is 0.753. The van der Waals surface area contributed by atoms with Gasteiger partial charge in [0.05, 0.1) is 11.4 Å². The summed E-state index contributed by atoms with van der Waals surface area (Å²) in [6.07, 6.45) is 4.80. The number of likely N-dealkylation sites (tertiary alicyclic amines) is 1. The van der Waals surface area contributed by atoms with E-state index < -0.39 is 10.0 Å². The lowest BCUT2D eigenvalue weighted by Gasteiger charge is -2.32. The number of piperidine rings is 1. The summed E-state index contributed by atoms with van der Waals surface area (Å²) in [7, 11) is -1.27. The molecule has 2 heterocycles. The molecule has 7 heteroatoms. The minimum Gasteiger partial charge on any atom is -0.303 e. The predicted molar refractivity (Wildman–Crippen MR) is 96.7 cm³/mol. The van der Waals surface area contributed by atoms with E-state index in [0.29, 0.717) is 29.7 Å². The Bertz CT molecular complexity index is 650. The van der Waals surface area contributed by atoms with Gasteiger partial charge in [0.15, 0.2) is 0 Å². The van der Waals surface area contributed by atoms with Gasteiger partial charge in [-0.3, -0.25) is 4.68 Å². The Morgan fingerprint density at radius 1 is 1.21 bits per heavy atom. The molecule has 0 bridgehead atoms. The van der Waals surface area contributed by atoms with Crippen molar-refractivity contribution in [2.24, 2.45) is 0 Å². The summed E-state index contributed by atoms with van der Waals surface area (Å²) in [5, 5.41) is 4.53. The molecule has 1 aromatic heterocycles. The van der Waals surface area contributed by atoms with Crippen LogP contribution in [0.5, 0.6) is 0 Å². The molecule has 1 atom stereocenters. The Labute approximate surface area is 146 Å². The molecule has 1 fully saturated rings. The molecule has 0 radical (unpaired) electrons. The zero-order chi connectivity index (χ0) is 17.9. The van der Waals surface area contributed by atoms with Crippen LogP contribution in [0.1, 0.15) is 50.9 Å². The number of sulfonamides is 1. The molecule has 0 amide bonds. The van der Waals surface area contributed by atoms with Crippen molar-refractivity contribution in [1.82, 2.24) is 19.0 Å². The maximum Gasteiger partial charge on any atom is 0.246 e. The molecule has 0 N–H and O–H groups in total. The van der Waals surface area contributed by atoms with E-state index in [4.69, 9.17) is 0 Å². The molecule has 2 rings (SSSR count). The van der Waals surface area contributed by atoms with Crippen LogP contribution in [0, 0.1) is 13.8 Å². The number of aromatic nitrogens is 2. The normalized spacial score (nSPS) is 20.0. The van der Waals surface area contributed by atoms with Crippen molar-refractivity contribution in [3.8, 4) is 0 Å². The highest BCUT2D eigenvalue weighted by atomic mass is 32.2. The third-order valence-corrected chi connectivity index (χ3v) is 7.52. The van der Waals surface area contributed by atoms with Crippen LogP contribution < -0.4 is 0 Å². The molecule has 1 aromatic rings. The van der Waals surface area contributed by atoms with Crippen molar-refractivity contribution < 1.29 is 8.42 Å². The van der Waals surface area contributed by atoms with E-state index in [0.717, 1.165) is 25.2 Å². The molecule has 138 valence electrons. The fraction of sp³-hybridized carbons (Fsp3) is 0.824. The third-order valence-electron chi connectivity index (χ3n) is 5.21. The van der Waals surface area contributed by atoms with Gasteiger partial charge in [-0.1, -0.05) is 20.3 Å². The first-order chi connectivity index (χ1) is 11.3. The summed E-state index contributed by atoms with van der Waals surface area (Å²) in [4.78, 5) is 2.81. The van der Waals surface area contributed by atoms with Crippen molar-refractivity contribution in [2.45, 2.75) is 70.9 Å². The number of aryl methyl sites for hydroxylation is 2. The molecule has 0 aliphatic carbocycles. The fourth-order valence-electron chi connectivity index (χ4n) is 3.74. The van der Waals surface area contributed by atoms with Crippen molar-refractivity contribution in [3.05, 3.63) is 11.4 Å². The summed E-state index contributed by atoms with van der Waals surface area (Å²) in [5.41, 5.74) is 1.37. The van der Waals surface area contributed by atoms with Crippen LogP contribution in [-0.4, -0.2) is 60.1 Å². The van der Waals surface area contributed by atoms with Gasteiger partial charge >= 0.3 is 0 Å². The number of rotatable bonds is 7. The first kappa shape index (κ1) is 19.4. The monoisotopic (exact) mass is 356 g/mol. The average molecular weight is 357 g/mol. The number of hydrogen-bond donors (Lipinski definition) is 0. The minimum atomic E-state index is -3.46. The van der Waals surface area contributed by atoms with Crippen LogP contribution in [0.4, 0.5) is 0 Å². The Kier molecular flexibility index (Phi) is 6.45. The summed E-state index contributed by atoms with van der Waals surface area (Å²) < 4.78 is 29.1. The van der Waals surface area contributed by atoms with Gasteiger partial charge in [0, 0.05) is 25.7 Å². The highest BCUT2D eigenvalue weighted by Crippen LogP contribution is 2.25. The second-order valence-electron chi connectivity index (χ2n) is 6.73. The largest absolute Gasteiger partial charge is 0.303 e. The van der Waals surface area contributed by atoms with Gasteiger partial charge in [-0.2, -0.15) is 9.40 Å². The zero-order valence-electron chi connectivity index (χ0n) is 15.7. The lowest BCUT2D eigenvalue weighted by molar-refractivity contribution is 0.169. The van der Waals surface area contributed by atoms with E-state index in [1.807, 2.05) is 25.5 Å². The van der Waals surface area contributed by atoms with E-state index in [-0.39, 0.29) is 0 Å². The van der Waals surface area contributed by atoms with Gasteiger partial charge in [0.2, 0.25) is 10.0 Å². The van der Waals surface area contributed by atoms with E-state index in [1.165, 1.54) is 23.6 Å². The summed E-state index contributed by atoms with van der Waals surface area (Å²) >= 11 is 0. The average Bonchev–Trinajstić information content (AvgIpc) is 2.82. The molecule has 1 aliphatic rings. The molecule has 0 aromatic carbocycles. The molecule has 6 nitrogen and oxygen atoms in total. The van der Waals surface area contributed by atoms with Gasteiger partial charge in [-0.25, -0.2) is 8.42 Å². The Balaban J connectivity index is 2.19. The van der Waals surface area contributed by atoms with Gasteiger partial charge in [-0.05, 0) is 46.7 Å². The van der Waals surface area contributed by atoms with Crippen molar-refractivity contribution >= 4 is 10.0 Å². The molecular weight excluding hydrogens is 324 g/mol.